The van der Waals surface area contributed by atoms with Gasteiger partial charge in [-0.3, -0.25) is 9.59 Å². The van der Waals surface area contributed by atoms with E-state index in [2.05, 4.69) is 0 Å². The molecule has 0 aliphatic carbocycles. The largest absolute Gasteiger partial charge is 0.480 e. The molecule has 0 aromatic heterocycles. The Bertz CT molecular complexity index is 561. The highest BCUT2D eigenvalue weighted by molar-refractivity contribution is 8.46. The second kappa shape index (κ2) is 5.35. The van der Waals surface area contributed by atoms with Gasteiger partial charge < -0.3 is 24.7 Å². The number of nitrogens with zero attached hydrogens (tertiary/aromatic N) is 2. The Hall–Kier alpha value is -1.32. The molecule has 8 nitrogen and oxygen atoms in total. The van der Waals surface area contributed by atoms with E-state index in [0.717, 1.165) is 0 Å². The highest BCUT2D eigenvalue weighted by Gasteiger charge is 2.71. The van der Waals surface area contributed by atoms with Crippen molar-refractivity contribution in [3.8, 4) is 0 Å². The van der Waals surface area contributed by atoms with Gasteiger partial charge in [-0.25, -0.2) is 4.79 Å². The molecule has 0 radical (unpaired) electrons. The molecule has 0 aromatic carbocycles. The van der Waals surface area contributed by atoms with Crippen molar-refractivity contribution < 1.29 is 29.3 Å². The molecular formula is C14H22N2O6S. The standard InChI is InChI=1S/C14H22N2O6S/c1-14(2)11(12(19)20)16-9(18)7-10(16)23(14,8-17)13(21)15-3-5-22-6-4-15/h10-11,17H,3-8H2,1-2H3,(H,19,20)/t10-,11+/m1/s1. The first-order valence-corrected chi connectivity index (χ1v) is 9.46. The molecule has 2 amide bonds. The zero-order valence-corrected chi connectivity index (χ0v) is 14.0. The first kappa shape index (κ1) is 16.5. The van der Waals surface area contributed by atoms with E-state index in [0.29, 0.717) is 26.3 Å². The van der Waals surface area contributed by atoms with Crippen LogP contribution in [0.2, 0.25) is 0 Å². The van der Waals surface area contributed by atoms with Crippen LogP contribution in [0.5, 0.6) is 0 Å². The molecule has 3 atom stereocenters. The predicted molar refractivity (Wildman–Crippen MR) is 83.2 cm³/mol. The van der Waals surface area contributed by atoms with Gasteiger partial charge in [0.05, 0.1) is 30.9 Å². The monoisotopic (exact) mass is 346 g/mol. The van der Waals surface area contributed by atoms with Gasteiger partial charge in [-0.1, -0.05) is 0 Å². The van der Waals surface area contributed by atoms with Crippen molar-refractivity contribution in [1.29, 1.82) is 0 Å². The normalized spacial score (nSPS) is 38.5. The topological polar surface area (TPSA) is 107 Å². The lowest BCUT2D eigenvalue weighted by atomic mass is 9.98. The Morgan fingerprint density at radius 1 is 1.35 bits per heavy atom. The zero-order chi connectivity index (χ0) is 17.0. The number of rotatable bonds is 2. The molecular weight excluding hydrogens is 324 g/mol. The molecule has 0 saturated carbocycles. The highest BCUT2D eigenvalue weighted by atomic mass is 32.3. The number of hydrogen-bond acceptors (Lipinski definition) is 5. The van der Waals surface area contributed by atoms with E-state index < -0.39 is 38.1 Å². The third-order valence-corrected chi connectivity index (χ3v) is 10.0. The number of β-lactam (4-membered cyclic amide) rings is 1. The Balaban J connectivity index is 2.04. The number of fused-ring (bicyclic) bond motifs is 1. The fourth-order valence-corrected chi connectivity index (χ4v) is 8.28. The van der Waals surface area contributed by atoms with Gasteiger partial charge in [0.1, 0.15) is 6.04 Å². The summed E-state index contributed by atoms with van der Waals surface area (Å²) in [6.07, 6.45) is 0.138. The summed E-state index contributed by atoms with van der Waals surface area (Å²) in [5.41, 5.74) is 0. The van der Waals surface area contributed by atoms with Gasteiger partial charge in [-0.15, -0.1) is 10.0 Å². The van der Waals surface area contributed by atoms with E-state index in [1.165, 1.54) is 4.90 Å². The number of ether oxygens (including phenoxy) is 1. The van der Waals surface area contributed by atoms with E-state index in [4.69, 9.17) is 4.74 Å². The third kappa shape index (κ3) is 1.96. The number of aliphatic hydroxyl groups is 1. The van der Waals surface area contributed by atoms with Crippen molar-refractivity contribution >= 4 is 27.1 Å². The maximum atomic E-state index is 13.3. The summed E-state index contributed by atoms with van der Waals surface area (Å²) in [4.78, 5) is 39.9. The smallest absolute Gasteiger partial charge is 0.327 e. The lowest BCUT2D eigenvalue weighted by molar-refractivity contribution is -0.157. The zero-order valence-electron chi connectivity index (χ0n) is 13.2. The van der Waals surface area contributed by atoms with Crippen LogP contribution in [0.25, 0.3) is 0 Å². The van der Waals surface area contributed by atoms with Gasteiger partial charge >= 0.3 is 5.97 Å². The summed E-state index contributed by atoms with van der Waals surface area (Å²) in [6.45, 7) is 5.12. The minimum absolute atomic E-state index is 0.138. The van der Waals surface area contributed by atoms with E-state index in [1.807, 2.05) is 0 Å². The number of aliphatic carboxylic acids is 1. The van der Waals surface area contributed by atoms with Crippen molar-refractivity contribution in [2.24, 2.45) is 0 Å². The van der Waals surface area contributed by atoms with Crippen LogP contribution in [0.4, 0.5) is 4.79 Å². The molecule has 2 N–H and O–H groups in total. The number of carbonyl (C=O) groups is 3. The minimum Gasteiger partial charge on any atom is -0.480 e. The molecule has 130 valence electrons. The summed E-state index contributed by atoms with van der Waals surface area (Å²) in [5, 5.41) is 19.1. The molecule has 0 spiro atoms. The molecule has 3 rings (SSSR count). The maximum Gasteiger partial charge on any atom is 0.327 e. The van der Waals surface area contributed by atoms with E-state index in [9.17, 15) is 24.6 Å². The van der Waals surface area contributed by atoms with Crippen molar-refractivity contribution in [1.82, 2.24) is 9.80 Å². The van der Waals surface area contributed by atoms with Gasteiger partial charge in [-0.05, 0) is 13.8 Å². The number of hydrogen-bond donors (Lipinski definition) is 2. The summed E-state index contributed by atoms with van der Waals surface area (Å²) in [7, 11) is -2.41. The molecule has 9 heteroatoms. The Labute approximate surface area is 135 Å². The van der Waals surface area contributed by atoms with Crippen LogP contribution in [-0.4, -0.2) is 85.5 Å². The Morgan fingerprint density at radius 3 is 2.39 bits per heavy atom. The number of carboxylic acids is 1. The van der Waals surface area contributed by atoms with Crippen LogP contribution in [0.3, 0.4) is 0 Å². The van der Waals surface area contributed by atoms with Crippen LogP contribution in [-0.2, 0) is 14.3 Å². The van der Waals surface area contributed by atoms with Crippen LogP contribution < -0.4 is 0 Å². The lowest BCUT2D eigenvalue weighted by Crippen LogP contribution is -2.57. The van der Waals surface area contributed by atoms with Crippen molar-refractivity contribution in [2.75, 3.05) is 32.2 Å². The first-order valence-electron chi connectivity index (χ1n) is 7.60. The van der Waals surface area contributed by atoms with Crippen LogP contribution in [0, 0.1) is 0 Å². The third-order valence-electron chi connectivity index (χ3n) is 5.31. The average molecular weight is 346 g/mol. The summed E-state index contributed by atoms with van der Waals surface area (Å²) in [6, 6.07) is -1.07. The number of morpholine rings is 1. The fourth-order valence-electron chi connectivity index (χ4n) is 3.97. The van der Waals surface area contributed by atoms with Crippen molar-refractivity contribution in [2.45, 2.75) is 36.4 Å². The van der Waals surface area contributed by atoms with Crippen molar-refractivity contribution in [3.63, 3.8) is 0 Å². The maximum absolute atomic E-state index is 13.3. The second-order valence-corrected chi connectivity index (χ2v) is 10.4. The molecule has 3 fully saturated rings. The first-order chi connectivity index (χ1) is 10.8. The Morgan fingerprint density at radius 2 is 1.96 bits per heavy atom. The molecule has 1 unspecified atom stereocenters. The highest BCUT2D eigenvalue weighted by Crippen LogP contribution is 2.74. The number of carboxylic acid groups (broad SMARTS) is 1. The van der Waals surface area contributed by atoms with Gasteiger partial charge in [0.2, 0.25) is 5.91 Å². The quantitative estimate of drug-likeness (QED) is 0.682. The fraction of sp³-hybridized carbons (Fsp3) is 0.786. The van der Waals surface area contributed by atoms with Gasteiger partial charge in [0.25, 0.3) is 5.24 Å². The van der Waals surface area contributed by atoms with E-state index in [-0.39, 0.29) is 17.6 Å². The van der Waals surface area contributed by atoms with Gasteiger partial charge in [0, 0.05) is 17.8 Å². The SMILES string of the molecule is CC1(C)[C@H](C(=O)O)N2C(=O)C[C@H]2S1(CO)C(=O)N1CCOCC1. The molecule has 0 bridgehead atoms. The summed E-state index contributed by atoms with van der Waals surface area (Å²) < 4.78 is 4.28. The summed E-state index contributed by atoms with van der Waals surface area (Å²) >= 11 is 0. The molecule has 0 aromatic rings. The van der Waals surface area contributed by atoms with Crippen LogP contribution >= 0.6 is 10.0 Å². The number of carbonyl (C=O) groups excluding carboxylic acids is 2. The molecule has 3 saturated heterocycles. The van der Waals surface area contributed by atoms with Gasteiger partial charge in [0.15, 0.2) is 0 Å². The Kier molecular flexibility index (Phi) is 3.85. The molecule has 3 heterocycles. The molecule has 23 heavy (non-hydrogen) atoms. The molecule has 3 aliphatic rings. The minimum atomic E-state index is -2.41. The average Bonchev–Trinajstić information content (AvgIpc) is 2.68. The number of aliphatic hydroxyl groups excluding tert-OH is 1. The molecule has 3 aliphatic heterocycles. The van der Waals surface area contributed by atoms with E-state index in [1.54, 1.807) is 18.7 Å². The van der Waals surface area contributed by atoms with Crippen molar-refractivity contribution in [3.05, 3.63) is 0 Å². The lowest BCUT2D eigenvalue weighted by Gasteiger charge is -2.51. The van der Waals surface area contributed by atoms with Crippen LogP contribution in [0.1, 0.15) is 20.3 Å². The van der Waals surface area contributed by atoms with Crippen LogP contribution in [0.15, 0.2) is 0 Å². The summed E-state index contributed by atoms with van der Waals surface area (Å²) in [5.74, 6) is -1.77. The van der Waals surface area contributed by atoms with Gasteiger partial charge in [-0.2, -0.15) is 0 Å². The van der Waals surface area contributed by atoms with E-state index >= 15 is 0 Å². The predicted octanol–water partition coefficient (Wildman–Crippen LogP) is -0.00320. The number of amides is 2. The second-order valence-electron chi connectivity index (χ2n) is 6.59.